The maximum atomic E-state index is 5.47. The number of rotatable bonds is 1. The second-order valence-corrected chi connectivity index (χ2v) is 3.89. The van der Waals surface area contributed by atoms with Gasteiger partial charge in [0.2, 0.25) is 0 Å². The standard InChI is InChI=1S/C9H11N3S/c1-5-6(2)11-7-3-4-13-9(7)8(5)12-10/h3-4H,10H2,1-2H3,(H,11,12). The highest BCUT2D eigenvalue weighted by Gasteiger charge is 2.08. The van der Waals surface area contributed by atoms with Crippen molar-refractivity contribution in [2.45, 2.75) is 13.8 Å². The van der Waals surface area contributed by atoms with Crippen LogP contribution < -0.4 is 11.3 Å². The lowest BCUT2D eigenvalue weighted by molar-refractivity contribution is 1.19. The predicted molar refractivity (Wildman–Crippen MR) is 56.9 cm³/mol. The first-order chi connectivity index (χ1) is 6.24. The summed E-state index contributed by atoms with van der Waals surface area (Å²) < 4.78 is 1.13. The zero-order valence-corrected chi connectivity index (χ0v) is 8.40. The Bertz CT molecular complexity index is 447. The topological polar surface area (TPSA) is 50.9 Å². The number of nitrogens with one attached hydrogen (secondary N) is 1. The number of hydrogen-bond donors (Lipinski definition) is 2. The Morgan fingerprint density at radius 3 is 2.92 bits per heavy atom. The minimum atomic E-state index is 0.998. The number of nitrogens with two attached hydrogens (primary N) is 1. The number of anilines is 1. The quantitative estimate of drug-likeness (QED) is 0.539. The Balaban J connectivity index is 2.87. The van der Waals surface area contributed by atoms with Crippen LogP contribution in [0.1, 0.15) is 11.3 Å². The lowest BCUT2D eigenvalue weighted by atomic mass is 10.2. The molecule has 0 amide bonds. The number of nitrogen functional groups attached to an aromatic ring is 1. The van der Waals surface area contributed by atoms with E-state index in [2.05, 4.69) is 10.4 Å². The molecule has 0 unspecified atom stereocenters. The Morgan fingerprint density at radius 1 is 1.46 bits per heavy atom. The van der Waals surface area contributed by atoms with Gasteiger partial charge in [-0.15, -0.1) is 11.3 Å². The fourth-order valence-electron chi connectivity index (χ4n) is 1.37. The number of pyridine rings is 1. The molecule has 0 saturated carbocycles. The number of thiophene rings is 1. The molecule has 0 bridgehead atoms. The predicted octanol–water partition coefficient (Wildman–Crippen LogP) is 2.20. The van der Waals surface area contributed by atoms with Crippen LogP contribution in [0.2, 0.25) is 0 Å². The van der Waals surface area contributed by atoms with Gasteiger partial charge in [0.25, 0.3) is 0 Å². The molecule has 0 radical (unpaired) electrons. The molecule has 2 rings (SSSR count). The van der Waals surface area contributed by atoms with Crippen LogP contribution in [-0.4, -0.2) is 4.98 Å². The maximum absolute atomic E-state index is 5.47. The van der Waals surface area contributed by atoms with Gasteiger partial charge < -0.3 is 5.43 Å². The summed E-state index contributed by atoms with van der Waals surface area (Å²) in [6.07, 6.45) is 0. The van der Waals surface area contributed by atoms with Crippen LogP contribution in [0.25, 0.3) is 10.2 Å². The number of hydrazine groups is 1. The third-order valence-corrected chi connectivity index (χ3v) is 3.14. The van der Waals surface area contributed by atoms with Crippen LogP contribution >= 0.6 is 11.3 Å². The van der Waals surface area contributed by atoms with E-state index in [9.17, 15) is 0 Å². The van der Waals surface area contributed by atoms with E-state index < -0.39 is 0 Å². The summed E-state index contributed by atoms with van der Waals surface area (Å²) in [5.41, 5.74) is 6.90. The van der Waals surface area contributed by atoms with Crippen LogP contribution in [0.3, 0.4) is 0 Å². The van der Waals surface area contributed by atoms with Crippen molar-refractivity contribution in [2.24, 2.45) is 5.84 Å². The maximum Gasteiger partial charge on any atom is 0.0834 e. The summed E-state index contributed by atoms with van der Waals surface area (Å²) in [6.45, 7) is 4.02. The third kappa shape index (κ3) is 1.18. The van der Waals surface area contributed by atoms with Crippen molar-refractivity contribution >= 4 is 27.2 Å². The molecule has 68 valence electrons. The van der Waals surface area contributed by atoms with E-state index in [0.29, 0.717) is 0 Å². The van der Waals surface area contributed by atoms with Crippen molar-refractivity contribution in [2.75, 3.05) is 5.43 Å². The molecule has 0 aliphatic heterocycles. The molecule has 0 aliphatic rings. The normalized spacial score (nSPS) is 10.7. The van der Waals surface area contributed by atoms with Gasteiger partial charge in [-0.25, -0.2) is 0 Å². The second-order valence-electron chi connectivity index (χ2n) is 2.98. The number of aromatic nitrogens is 1. The number of fused-ring (bicyclic) bond motifs is 1. The molecule has 0 spiro atoms. The average Bonchev–Trinajstić information content (AvgIpc) is 2.54. The van der Waals surface area contributed by atoms with E-state index >= 15 is 0 Å². The van der Waals surface area contributed by atoms with Crippen molar-refractivity contribution in [3.63, 3.8) is 0 Å². The Labute approximate surface area is 80.6 Å². The van der Waals surface area contributed by atoms with E-state index in [1.807, 2.05) is 25.3 Å². The fraction of sp³-hybridized carbons (Fsp3) is 0.222. The van der Waals surface area contributed by atoms with Gasteiger partial charge in [0.15, 0.2) is 0 Å². The van der Waals surface area contributed by atoms with E-state index in [1.54, 1.807) is 11.3 Å². The zero-order valence-electron chi connectivity index (χ0n) is 7.59. The molecule has 3 nitrogen and oxygen atoms in total. The Kier molecular flexibility index (Phi) is 1.94. The van der Waals surface area contributed by atoms with Crippen molar-refractivity contribution in [1.82, 2.24) is 4.98 Å². The first-order valence-electron chi connectivity index (χ1n) is 4.05. The summed E-state index contributed by atoms with van der Waals surface area (Å²) >= 11 is 1.66. The Morgan fingerprint density at radius 2 is 2.23 bits per heavy atom. The minimum Gasteiger partial charge on any atom is -0.322 e. The van der Waals surface area contributed by atoms with Crippen molar-refractivity contribution in [3.8, 4) is 0 Å². The monoisotopic (exact) mass is 193 g/mol. The van der Waals surface area contributed by atoms with Crippen molar-refractivity contribution in [1.29, 1.82) is 0 Å². The molecule has 4 heteroatoms. The summed E-state index contributed by atoms with van der Waals surface area (Å²) in [5, 5.41) is 2.03. The molecule has 0 fully saturated rings. The van der Waals surface area contributed by atoms with Crippen molar-refractivity contribution < 1.29 is 0 Å². The second kappa shape index (κ2) is 2.97. The minimum absolute atomic E-state index is 0.998. The highest BCUT2D eigenvalue weighted by molar-refractivity contribution is 7.17. The van der Waals surface area contributed by atoms with E-state index in [4.69, 9.17) is 5.84 Å². The molecule has 2 aromatic heterocycles. The van der Waals surface area contributed by atoms with Crippen LogP contribution in [0, 0.1) is 13.8 Å². The van der Waals surface area contributed by atoms with E-state index in [0.717, 1.165) is 27.2 Å². The first-order valence-corrected chi connectivity index (χ1v) is 4.93. The molecule has 2 heterocycles. The average molecular weight is 193 g/mol. The summed E-state index contributed by atoms with van der Waals surface area (Å²) in [5.74, 6) is 5.47. The van der Waals surface area contributed by atoms with Gasteiger partial charge in [-0.1, -0.05) is 0 Å². The molecule has 3 N–H and O–H groups in total. The molecule has 13 heavy (non-hydrogen) atoms. The molecular formula is C9H11N3S. The van der Waals surface area contributed by atoms with Crippen LogP contribution in [0.4, 0.5) is 5.69 Å². The van der Waals surface area contributed by atoms with Gasteiger partial charge in [-0.3, -0.25) is 10.8 Å². The van der Waals surface area contributed by atoms with E-state index in [1.165, 1.54) is 0 Å². The lowest BCUT2D eigenvalue weighted by Crippen LogP contribution is -2.09. The van der Waals surface area contributed by atoms with Crippen LogP contribution in [0.5, 0.6) is 0 Å². The molecule has 2 aromatic rings. The highest BCUT2D eigenvalue weighted by atomic mass is 32.1. The number of hydrogen-bond acceptors (Lipinski definition) is 4. The zero-order chi connectivity index (χ0) is 9.42. The summed E-state index contributed by atoms with van der Waals surface area (Å²) in [7, 11) is 0. The smallest absolute Gasteiger partial charge is 0.0834 e. The van der Waals surface area contributed by atoms with Crippen LogP contribution in [-0.2, 0) is 0 Å². The summed E-state index contributed by atoms with van der Waals surface area (Å²) in [4.78, 5) is 4.46. The van der Waals surface area contributed by atoms with Gasteiger partial charge >= 0.3 is 0 Å². The third-order valence-electron chi connectivity index (χ3n) is 2.22. The van der Waals surface area contributed by atoms with Gasteiger partial charge in [0.05, 0.1) is 15.9 Å². The molecule has 0 saturated heterocycles. The number of aryl methyl sites for hydroxylation is 1. The summed E-state index contributed by atoms with van der Waals surface area (Å²) in [6, 6.07) is 2.01. The fourth-order valence-corrected chi connectivity index (χ4v) is 2.26. The molecule has 0 aromatic carbocycles. The molecule has 0 aliphatic carbocycles. The lowest BCUT2D eigenvalue weighted by Gasteiger charge is -2.08. The number of nitrogens with zero attached hydrogens (tertiary/aromatic N) is 1. The largest absolute Gasteiger partial charge is 0.322 e. The first kappa shape index (κ1) is 8.47. The van der Waals surface area contributed by atoms with Gasteiger partial charge in [0, 0.05) is 5.69 Å². The van der Waals surface area contributed by atoms with Crippen LogP contribution in [0.15, 0.2) is 11.4 Å². The molecule has 0 atom stereocenters. The molecular weight excluding hydrogens is 182 g/mol. The SMILES string of the molecule is Cc1nc2ccsc2c(NN)c1C. The van der Waals surface area contributed by atoms with Crippen molar-refractivity contribution in [3.05, 3.63) is 22.7 Å². The van der Waals surface area contributed by atoms with E-state index in [-0.39, 0.29) is 0 Å². The van der Waals surface area contributed by atoms with Gasteiger partial charge in [0.1, 0.15) is 0 Å². The Hall–Kier alpha value is -1.13. The highest BCUT2D eigenvalue weighted by Crippen LogP contribution is 2.30. The van der Waals surface area contributed by atoms with Gasteiger partial charge in [-0.05, 0) is 30.9 Å². The van der Waals surface area contributed by atoms with Gasteiger partial charge in [-0.2, -0.15) is 0 Å².